The van der Waals surface area contributed by atoms with Gasteiger partial charge in [-0.25, -0.2) is 0 Å². The standard InChI is InChI=1S/C8H4N2O5S/c11-6-3-5(16-8(12)9-6)4-1-2-7(15-4)10(13)14/h1-3H,(H,9,11,12). The van der Waals surface area contributed by atoms with Crippen molar-refractivity contribution < 1.29 is 9.34 Å². The predicted octanol–water partition coefficient (Wildman–Crippen LogP) is 0.965. The largest absolute Gasteiger partial charge is 0.433 e. The van der Waals surface area contributed by atoms with Crippen LogP contribution in [0, 0.1) is 10.1 Å². The first kappa shape index (κ1) is 10.3. The van der Waals surface area contributed by atoms with Crippen LogP contribution in [0.2, 0.25) is 0 Å². The highest BCUT2D eigenvalue weighted by Gasteiger charge is 2.14. The Kier molecular flexibility index (Phi) is 2.41. The number of furan rings is 1. The number of nitrogens with zero attached hydrogens (tertiary/aromatic N) is 1. The predicted molar refractivity (Wildman–Crippen MR) is 55.6 cm³/mol. The Morgan fingerprint density at radius 3 is 2.69 bits per heavy atom. The molecule has 82 valence electrons. The Balaban J connectivity index is 2.54. The molecule has 0 aliphatic heterocycles. The first-order chi connectivity index (χ1) is 7.56. The molecule has 1 N–H and O–H groups in total. The third kappa shape index (κ3) is 1.91. The summed E-state index contributed by atoms with van der Waals surface area (Å²) in [6, 6.07) is 3.64. The summed E-state index contributed by atoms with van der Waals surface area (Å²) in [6.07, 6.45) is 0. The second-order valence-corrected chi connectivity index (χ2v) is 3.80. The minimum absolute atomic E-state index is 0.125. The molecule has 2 aromatic heterocycles. The van der Waals surface area contributed by atoms with Crippen LogP contribution in [-0.2, 0) is 0 Å². The lowest BCUT2D eigenvalue weighted by Crippen LogP contribution is -2.14. The Hall–Kier alpha value is -2.22. The summed E-state index contributed by atoms with van der Waals surface area (Å²) in [5, 5.41) is 10.4. The molecular weight excluding hydrogens is 236 g/mol. The summed E-state index contributed by atoms with van der Waals surface area (Å²) < 4.78 is 4.86. The van der Waals surface area contributed by atoms with Crippen LogP contribution in [0.3, 0.4) is 0 Å². The van der Waals surface area contributed by atoms with Gasteiger partial charge in [0.15, 0.2) is 5.76 Å². The highest BCUT2D eigenvalue weighted by molar-refractivity contribution is 7.12. The fraction of sp³-hybridized carbons (Fsp3) is 0. The van der Waals surface area contributed by atoms with E-state index in [4.69, 9.17) is 4.42 Å². The molecule has 7 nitrogen and oxygen atoms in total. The molecule has 0 saturated carbocycles. The van der Waals surface area contributed by atoms with Crippen molar-refractivity contribution in [1.29, 1.82) is 0 Å². The highest BCUT2D eigenvalue weighted by atomic mass is 32.1. The number of hydrogen-bond acceptors (Lipinski definition) is 6. The van der Waals surface area contributed by atoms with Crippen molar-refractivity contribution >= 4 is 17.2 Å². The zero-order valence-corrected chi connectivity index (χ0v) is 8.45. The molecule has 0 aliphatic rings. The molecule has 0 spiro atoms. The normalized spacial score (nSPS) is 10.2. The zero-order chi connectivity index (χ0) is 11.7. The fourth-order valence-corrected chi connectivity index (χ4v) is 1.82. The van der Waals surface area contributed by atoms with Crippen molar-refractivity contribution in [3.8, 4) is 10.6 Å². The average Bonchev–Trinajstić information content (AvgIpc) is 2.64. The Labute approximate surface area is 91.1 Å². The number of rotatable bonds is 2. The van der Waals surface area contributed by atoms with Gasteiger partial charge in [-0.05, 0) is 6.07 Å². The van der Waals surface area contributed by atoms with E-state index in [2.05, 4.69) is 0 Å². The van der Waals surface area contributed by atoms with Crippen molar-refractivity contribution in [3.05, 3.63) is 48.3 Å². The van der Waals surface area contributed by atoms with Crippen LogP contribution in [0.15, 0.2) is 32.2 Å². The second kappa shape index (κ2) is 3.74. The van der Waals surface area contributed by atoms with Crippen LogP contribution < -0.4 is 10.4 Å². The van der Waals surface area contributed by atoms with E-state index in [1.807, 2.05) is 4.98 Å². The molecule has 0 saturated heterocycles. The van der Waals surface area contributed by atoms with Crippen LogP contribution in [-0.4, -0.2) is 9.91 Å². The molecular formula is C8H4N2O5S. The molecule has 2 aromatic rings. The van der Waals surface area contributed by atoms with E-state index >= 15 is 0 Å². The molecule has 2 rings (SSSR count). The van der Waals surface area contributed by atoms with Crippen molar-refractivity contribution in [1.82, 2.24) is 4.98 Å². The third-order valence-corrected chi connectivity index (χ3v) is 2.53. The summed E-state index contributed by atoms with van der Waals surface area (Å²) in [6.45, 7) is 0. The zero-order valence-electron chi connectivity index (χ0n) is 7.63. The van der Waals surface area contributed by atoms with Gasteiger partial charge in [0.2, 0.25) is 0 Å². The van der Waals surface area contributed by atoms with Crippen molar-refractivity contribution in [3.63, 3.8) is 0 Å². The monoisotopic (exact) mass is 240 g/mol. The highest BCUT2D eigenvalue weighted by Crippen LogP contribution is 2.26. The van der Waals surface area contributed by atoms with Gasteiger partial charge < -0.3 is 4.42 Å². The Morgan fingerprint density at radius 1 is 1.38 bits per heavy atom. The van der Waals surface area contributed by atoms with Gasteiger partial charge >= 0.3 is 10.8 Å². The fourth-order valence-electron chi connectivity index (χ4n) is 1.09. The summed E-state index contributed by atoms with van der Waals surface area (Å²) in [5.41, 5.74) is -0.571. The van der Waals surface area contributed by atoms with Gasteiger partial charge in [-0.1, -0.05) is 11.3 Å². The van der Waals surface area contributed by atoms with Crippen molar-refractivity contribution in [2.45, 2.75) is 0 Å². The van der Waals surface area contributed by atoms with Crippen LogP contribution in [0.5, 0.6) is 0 Å². The first-order valence-corrected chi connectivity index (χ1v) is 4.87. The van der Waals surface area contributed by atoms with Crippen LogP contribution in [0.1, 0.15) is 0 Å². The number of nitrogens with one attached hydrogen (secondary N) is 1. The molecule has 8 heteroatoms. The van der Waals surface area contributed by atoms with Gasteiger partial charge in [0.25, 0.3) is 5.56 Å². The van der Waals surface area contributed by atoms with Crippen LogP contribution in [0.4, 0.5) is 5.88 Å². The lowest BCUT2D eigenvalue weighted by Gasteiger charge is -1.91. The molecule has 0 fully saturated rings. The number of hydrogen-bond donors (Lipinski definition) is 1. The smallest absolute Gasteiger partial charge is 0.400 e. The summed E-state index contributed by atoms with van der Waals surface area (Å²) in [5.74, 6) is -0.310. The number of aromatic nitrogens is 1. The molecule has 2 heterocycles. The molecule has 0 atom stereocenters. The van der Waals surface area contributed by atoms with Gasteiger partial charge in [-0.2, -0.15) is 0 Å². The van der Waals surface area contributed by atoms with Gasteiger partial charge in [0.05, 0.1) is 10.9 Å². The average molecular weight is 240 g/mol. The molecule has 16 heavy (non-hydrogen) atoms. The minimum atomic E-state index is -0.695. The van der Waals surface area contributed by atoms with Crippen molar-refractivity contribution in [2.24, 2.45) is 0 Å². The molecule has 0 aromatic carbocycles. The van der Waals surface area contributed by atoms with Gasteiger partial charge in [-0.15, -0.1) is 0 Å². The van der Waals surface area contributed by atoms with E-state index < -0.39 is 21.2 Å². The first-order valence-electron chi connectivity index (χ1n) is 4.05. The maximum atomic E-state index is 11.0. The number of nitro groups is 1. The van der Waals surface area contributed by atoms with E-state index in [-0.39, 0.29) is 10.6 Å². The lowest BCUT2D eigenvalue weighted by atomic mass is 10.4. The van der Waals surface area contributed by atoms with E-state index in [0.717, 1.165) is 23.5 Å². The maximum Gasteiger partial charge on any atom is 0.433 e. The molecule has 0 aliphatic carbocycles. The Bertz CT molecular complexity index is 624. The molecule has 0 unspecified atom stereocenters. The quantitative estimate of drug-likeness (QED) is 0.621. The van der Waals surface area contributed by atoms with E-state index in [9.17, 15) is 19.7 Å². The molecule has 0 bridgehead atoms. The van der Waals surface area contributed by atoms with Gasteiger partial charge in [0, 0.05) is 6.07 Å². The Morgan fingerprint density at radius 2 is 2.12 bits per heavy atom. The third-order valence-electron chi connectivity index (χ3n) is 1.70. The van der Waals surface area contributed by atoms with Gasteiger partial charge in [0.1, 0.15) is 4.92 Å². The number of aromatic amines is 1. The van der Waals surface area contributed by atoms with Crippen LogP contribution in [0.25, 0.3) is 10.6 Å². The maximum absolute atomic E-state index is 11.0. The van der Waals surface area contributed by atoms with Crippen molar-refractivity contribution in [2.75, 3.05) is 0 Å². The molecule has 0 amide bonds. The minimum Gasteiger partial charge on any atom is -0.400 e. The second-order valence-electron chi connectivity index (χ2n) is 2.78. The van der Waals surface area contributed by atoms with Gasteiger partial charge in [-0.3, -0.25) is 24.7 Å². The topological polar surface area (TPSA) is 106 Å². The van der Waals surface area contributed by atoms with E-state index in [1.165, 1.54) is 6.07 Å². The lowest BCUT2D eigenvalue weighted by molar-refractivity contribution is -0.401. The number of H-pyrrole nitrogens is 1. The summed E-state index contributed by atoms with van der Waals surface area (Å²) >= 11 is 0.742. The van der Waals surface area contributed by atoms with Crippen LogP contribution >= 0.6 is 11.3 Å². The molecule has 0 radical (unpaired) electrons. The summed E-state index contributed by atoms with van der Waals surface area (Å²) in [4.78, 5) is 33.4. The van der Waals surface area contributed by atoms with E-state index in [0.29, 0.717) is 0 Å². The SMILES string of the molecule is O=c1cc(-c2ccc([N+](=O)[O-])o2)sc(=O)[nH]1. The van der Waals surface area contributed by atoms with E-state index in [1.54, 1.807) is 0 Å². The summed E-state index contributed by atoms with van der Waals surface area (Å²) in [7, 11) is 0.